The number of amides is 1. The fourth-order valence-electron chi connectivity index (χ4n) is 3.01. The number of hydrogen-bond donors (Lipinski definition) is 3. The van der Waals surface area contributed by atoms with Gasteiger partial charge >= 0.3 is 12.1 Å². The van der Waals surface area contributed by atoms with Crippen LogP contribution in [-0.4, -0.2) is 37.7 Å². The predicted octanol–water partition coefficient (Wildman–Crippen LogP) is 6.07. The molecule has 0 aliphatic heterocycles. The lowest BCUT2D eigenvalue weighted by Gasteiger charge is -2.07. The van der Waals surface area contributed by atoms with Crippen LogP contribution >= 0.6 is 11.6 Å². The first-order chi connectivity index (χ1) is 17.4. The Morgan fingerprint density at radius 2 is 1.59 bits per heavy atom. The van der Waals surface area contributed by atoms with Crippen molar-refractivity contribution in [2.45, 2.75) is 13.1 Å². The second kappa shape index (κ2) is 11.6. The van der Waals surface area contributed by atoms with Gasteiger partial charge in [-0.1, -0.05) is 35.9 Å². The number of carbonyl (C=O) groups excluding carboxylic acids is 1. The Bertz CT molecular complexity index is 1390. The molecule has 0 aliphatic carbocycles. The fraction of sp³-hybridized carbons (Fsp3) is 0.120. The number of carbonyl (C=O) groups is 2. The van der Waals surface area contributed by atoms with Crippen molar-refractivity contribution in [3.05, 3.63) is 89.5 Å². The zero-order chi connectivity index (χ0) is 27.2. The molecule has 0 radical (unpaired) electrons. The quantitative estimate of drug-likeness (QED) is 0.288. The van der Waals surface area contributed by atoms with Gasteiger partial charge < -0.3 is 20.3 Å². The van der Waals surface area contributed by atoms with Crippen molar-refractivity contribution in [3.8, 4) is 11.1 Å². The first-order valence-corrected chi connectivity index (χ1v) is 11.0. The molecule has 3 N–H and O–H groups in total. The average molecular weight is 532 g/mol. The van der Waals surface area contributed by atoms with Gasteiger partial charge in [-0.15, -0.1) is 0 Å². The molecule has 0 saturated heterocycles. The normalized spacial score (nSPS) is 10.8. The molecular formula is C25H21ClF3N5O3. The van der Waals surface area contributed by atoms with Gasteiger partial charge in [-0.05, 0) is 42.8 Å². The number of aryl methyl sites for hydroxylation is 2. The van der Waals surface area contributed by atoms with Gasteiger partial charge in [-0.3, -0.25) is 4.79 Å². The summed E-state index contributed by atoms with van der Waals surface area (Å²) < 4.78 is 33.5. The first-order valence-electron chi connectivity index (χ1n) is 10.6. The van der Waals surface area contributed by atoms with E-state index in [1.165, 1.54) is 0 Å². The number of hydrogen-bond acceptors (Lipinski definition) is 5. The van der Waals surface area contributed by atoms with E-state index in [2.05, 4.69) is 20.6 Å². The van der Waals surface area contributed by atoms with Crippen molar-refractivity contribution in [1.29, 1.82) is 0 Å². The minimum atomic E-state index is -5.08. The van der Waals surface area contributed by atoms with E-state index < -0.39 is 12.1 Å². The van der Waals surface area contributed by atoms with E-state index in [0.29, 0.717) is 22.4 Å². The lowest BCUT2D eigenvalue weighted by Crippen LogP contribution is -2.21. The van der Waals surface area contributed by atoms with Gasteiger partial charge in [0.1, 0.15) is 5.69 Å². The van der Waals surface area contributed by atoms with Crippen molar-refractivity contribution in [1.82, 2.24) is 14.5 Å². The highest BCUT2D eigenvalue weighted by Crippen LogP contribution is 2.24. The van der Waals surface area contributed by atoms with Crippen molar-refractivity contribution < 1.29 is 27.9 Å². The highest BCUT2D eigenvalue weighted by molar-refractivity contribution is 6.31. The summed E-state index contributed by atoms with van der Waals surface area (Å²) in [5.74, 6) is -2.46. The van der Waals surface area contributed by atoms with Crippen LogP contribution in [-0.2, 0) is 11.8 Å². The number of nitrogens with zero attached hydrogens (tertiary/aromatic N) is 3. The Morgan fingerprint density at radius 1 is 0.973 bits per heavy atom. The van der Waals surface area contributed by atoms with Gasteiger partial charge in [0.25, 0.3) is 5.91 Å². The summed E-state index contributed by atoms with van der Waals surface area (Å²) in [6.07, 6.45) is 0.254. The third-order valence-electron chi connectivity index (χ3n) is 4.92. The van der Waals surface area contributed by atoms with E-state index >= 15 is 0 Å². The summed E-state index contributed by atoms with van der Waals surface area (Å²) in [6, 6.07) is 17.0. The molecule has 2 heterocycles. The van der Waals surface area contributed by atoms with Crippen LogP contribution < -0.4 is 10.6 Å². The second-order valence-electron chi connectivity index (χ2n) is 7.73. The molecule has 0 aliphatic rings. The zero-order valence-electron chi connectivity index (χ0n) is 19.5. The van der Waals surface area contributed by atoms with Gasteiger partial charge in [0.2, 0.25) is 5.95 Å². The number of carboxylic acid groups (broad SMARTS) is 1. The van der Waals surface area contributed by atoms with Crippen molar-refractivity contribution in [2.75, 3.05) is 10.6 Å². The van der Waals surface area contributed by atoms with Crippen LogP contribution in [0.25, 0.3) is 11.1 Å². The smallest absolute Gasteiger partial charge is 0.475 e. The van der Waals surface area contributed by atoms with Crippen LogP contribution in [0.3, 0.4) is 0 Å². The van der Waals surface area contributed by atoms with E-state index in [9.17, 15) is 18.0 Å². The Labute approximate surface area is 214 Å². The number of halogens is 4. The van der Waals surface area contributed by atoms with Crippen LogP contribution in [0.1, 0.15) is 16.1 Å². The largest absolute Gasteiger partial charge is 0.490 e. The van der Waals surface area contributed by atoms with Crippen molar-refractivity contribution >= 4 is 40.8 Å². The maximum atomic E-state index is 12.7. The lowest BCUT2D eigenvalue weighted by atomic mass is 10.2. The molecule has 12 heteroatoms. The molecule has 4 aromatic rings. The summed E-state index contributed by atoms with van der Waals surface area (Å²) >= 11 is 6.15. The average Bonchev–Trinajstić information content (AvgIpc) is 3.24. The predicted molar refractivity (Wildman–Crippen MR) is 134 cm³/mol. The fourth-order valence-corrected chi connectivity index (χ4v) is 3.19. The number of nitrogens with one attached hydrogen (secondary N) is 2. The lowest BCUT2D eigenvalue weighted by molar-refractivity contribution is -0.192. The summed E-state index contributed by atoms with van der Waals surface area (Å²) in [6.45, 7) is 1.92. The van der Waals surface area contributed by atoms with Crippen LogP contribution in [0.2, 0.25) is 5.02 Å². The molecule has 0 fully saturated rings. The highest BCUT2D eigenvalue weighted by atomic mass is 35.5. The van der Waals surface area contributed by atoms with Gasteiger partial charge in [-0.25, -0.2) is 14.8 Å². The molecule has 37 heavy (non-hydrogen) atoms. The Kier molecular flexibility index (Phi) is 8.51. The van der Waals surface area contributed by atoms with E-state index in [0.717, 1.165) is 22.4 Å². The number of carboxylic acids is 1. The summed E-state index contributed by atoms with van der Waals surface area (Å²) in [5, 5.41) is 13.8. The van der Waals surface area contributed by atoms with Crippen molar-refractivity contribution in [2.24, 2.45) is 7.05 Å². The number of para-hydroxylation sites is 1. The zero-order valence-corrected chi connectivity index (χ0v) is 20.3. The summed E-state index contributed by atoms with van der Waals surface area (Å²) in [7, 11) is 1.83. The third-order valence-corrected chi connectivity index (χ3v) is 5.33. The molecule has 2 aromatic heterocycles. The molecule has 4 rings (SSSR count). The molecule has 0 atom stereocenters. The molecule has 2 aromatic carbocycles. The van der Waals surface area contributed by atoms with Crippen LogP contribution in [0, 0.1) is 6.92 Å². The molecule has 0 bridgehead atoms. The number of aliphatic carboxylic acids is 1. The van der Waals surface area contributed by atoms with E-state index in [4.69, 9.17) is 21.5 Å². The van der Waals surface area contributed by atoms with Crippen LogP contribution in [0.4, 0.5) is 30.5 Å². The second-order valence-corrected chi connectivity index (χ2v) is 8.14. The molecule has 8 nitrogen and oxygen atoms in total. The molecular weight excluding hydrogens is 511 g/mol. The number of rotatable bonds is 5. The van der Waals surface area contributed by atoms with Gasteiger partial charge in [-0.2, -0.15) is 13.2 Å². The van der Waals surface area contributed by atoms with E-state index in [1.807, 2.05) is 68.7 Å². The van der Waals surface area contributed by atoms with Crippen LogP contribution in [0.15, 0.2) is 73.2 Å². The molecule has 0 unspecified atom stereocenters. The van der Waals surface area contributed by atoms with Gasteiger partial charge in [0.15, 0.2) is 0 Å². The van der Waals surface area contributed by atoms with E-state index in [-0.39, 0.29) is 5.91 Å². The topological polar surface area (TPSA) is 109 Å². The van der Waals surface area contributed by atoms with Gasteiger partial charge in [0.05, 0.1) is 0 Å². The maximum absolute atomic E-state index is 12.7. The highest BCUT2D eigenvalue weighted by Gasteiger charge is 2.38. The Hall–Kier alpha value is -4.38. The van der Waals surface area contributed by atoms with Crippen molar-refractivity contribution in [3.63, 3.8) is 0 Å². The Balaban J connectivity index is 0.000000479. The minimum absolute atomic E-state index is 0.216. The third kappa shape index (κ3) is 7.55. The number of aromatic nitrogens is 3. The monoisotopic (exact) mass is 531 g/mol. The molecule has 0 saturated carbocycles. The first kappa shape index (κ1) is 27.2. The SMILES string of the molecule is Cc1ccc(NC(=O)c2cc(-c3cnc(Nc4ccccc4)nc3)cn2C)cc1Cl.O=C(O)C(F)(F)F. The summed E-state index contributed by atoms with van der Waals surface area (Å²) in [5.41, 5.74) is 4.73. The summed E-state index contributed by atoms with van der Waals surface area (Å²) in [4.78, 5) is 30.4. The Morgan fingerprint density at radius 3 is 2.16 bits per heavy atom. The van der Waals surface area contributed by atoms with E-state index in [1.54, 1.807) is 23.0 Å². The van der Waals surface area contributed by atoms with Crippen LogP contribution in [0.5, 0.6) is 0 Å². The molecule has 0 spiro atoms. The maximum Gasteiger partial charge on any atom is 0.490 e. The minimum Gasteiger partial charge on any atom is -0.475 e. The standard InChI is InChI=1S/C23H20ClN5O.C2HF3O2/c1-15-8-9-19(11-20(15)24)27-22(30)21-10-16(14-29(21)2)17-12-25-23(26-13-17)28-18-6-4-3-5-7-18;3-2(4,5)1(6)7/h3-14H,1-2H3,(H,27,30)(H,25,26,28);(H,6,7). The number of benzene rings is 2. The van der Waals surface area contributed by atoms with Gasteiger partial charge in [0, 0.05) is 53.2 Å². The molecule has 192 valence electrons. The molecule has 1 amide bonds. The number of alkyl halides is 3. The number of anilines is 3.